The number of hydrogen-bond donors (Lipinski definition) is 2. The number of hydrogen-bond acceptors (Lipinski definition) is 4. The Labute approximate surface area is 131 Å². The molecule has 2 aromatic rings. The van der Waals surface area contributed by atoms with Gasteiger partial charge in [-0.25, -0.2) is 21.9 Å². The van der Waals surface area contributed by atoms with E-state index in [4.69, 9.17) is 0 Å². The summed E-state index contributed by atoms with van der Waals surface area (Å²) in [5.41, 5.74) is 0. The second-order valence-corrected chi connectivity index (χ2v) is 7.67. The zero-order valence-electron chi connectivity index (χ0n) is 11.7. The van der Waals surface area contributed by atoms with E-state index < -0.39 is 27.8 Å². The second kappa shape index (κ2) is 6.82. The third-order valence-corrected chi connectivity index (χ3v) is 5.73. The van der Waals surface area contributed by atoms with Crippen LogP contribution in [0.15, 0.2) is 35.2 Å². The molecular formula is C14H15F2NO3S2. The molecule has 0 spiro atoms. The van der Waals surface area contributed by atoms with Gasteiger partial charge < -0.3 is 5.11 Å². The van der Waals surface area contributed by atoms with Gasteiger partial charge in [-0.15, -0.1) is 11.3 Å². The summed E-state index contributed by atoms with van der Waals surface area (Å²) in [6.45, 7) is 1.78. The van der Waals surface area contributed by atoms with Crippen molar-refractivity contribution < 1.29 is 22.3 Å². The fourth-order valence-electron chi connectivity index (χ4n) is 1.79. The number of nitrogens with one attached hydrogen (secondary N) is 1. The lowest BCUT2D eigenvalue weighted by Gasteiger charge is -2.06. The van der Waals surface area contributed by atoms with Gasteiger partial charge in [0.2, 0.25) is 10.0 Å². The summed E-state index contributed by atoms with van der Waals surface area (Å²) in [6, 6.07) is 6.04. The molecule has 1 heterocycles. The molecule has 1 aromatic heterocycles. The molecule has 0 aliphatic rings. The number of thiophene rings is 1. The van der Waals surface area contributed by atoms with Crippen molar-refractivity contribution in [3.05, 3.63) is 51.7 Å². The molecule has 0 bridgehead atoms. The Bertz CT molecular complexity index is 757. The summed E-state index contributed by atoms with van der Waals surface area (Å²) in [5.74, 6) is -2.30. The van der Waals surface area contributed by atoms with E-state index in [1.807, 2.05) is 6.07 Å². The van der Waals surface area contributed by atoms with E-state index in [0.717, 1.165) is 21.9 Å². The summed E-state index contributed by atoms with van der Waals surface area (Å²) < 4.78 is 52.2. The average molecular weight is 347 g/mol. The predicted octanol–water partition coefficient (Wildman–Crippen LogP) is 2.60. The first kappa shape index (κ1) is 17.0. The van der Waals surface area contributed by atoms with Gasteiger partial charge in [0.05, 0.1) is 11.0 Å². The molecule has 1 aromatic carbocycles. The molecule has 2 rings (SSSR count). The van der Waals surface area contributed by atoms with E-state index in [1.165, 1.54) is 11.3 Å². The molecule has 2 N–H and O–H groups in total. The van der Waals surface area contributed by atoms with Crippen molar-refractivity contribution in [2.24, 2.45) is 0 Å². The summed E-state index contributed by atoms with van der Waals surface area (Å²) in [6.07, 6.45) is -0.113. The predicted molar refractivity (Wildman–Crippen MR) is 80.2 cm³/mol. The van der Waals surface area contributed by atoms with Crippen LogP contribution in [-0.2, 0) is 16.4 Å². The number of aliphatic hydroxyl groups is 1. The first-order valence-corrected chi connectivity index (χ1v) is 8.81. The van der Waals surface area contributed by atoms with Crippen LogP contribution in [0.2, 0.25) is 0 Å². The maximum absolute atomic E-state index is 13.1. The Balaban J connectivity index is 1.98. The monoisotopic (exact) mass is 347 g/mol. The fourth-order valence-corrected chi connectivity index (χ4v) is 3.78. The number of rotatable bonds is 6. The van der Waals surface area contributed by atoms with Gasteiger partial charge >= 0.3 is 0 Å². The lowest BCUT2D eigenvalue weighted by atomic mass is 10.3. The molecule has 0 aliphatic heterocycles. The standard InChI is InChI=1S/C14H15F2NO3S2/c1-9(18)14-5-2-10(21-14)6-7-17-22(19,20)11-3-4-12(15)13(16)8-11/h2-5,8-9,17-18H,6-7H2,1H3/t9-/m0/s1. The van der Waals surface area contributed by atoms with Crippen LogP contribution >= 0.6 is 11.3 Å². The van der Waals surface area contributed by atoms with Crippen molar-refractivity contribution in [3.8, 4) is 0 Å². The second-order valence-electron chi connectivity index (χ2n) is 4.70. The van der Waals surface area contributed by atoms with E-state index in [1.54, 1.807) is 13.0 Å². The molecule has 22 heavy (non-hydrogen) atoms. The maximum atomic E-state index is 13.1. The highest BCUT2D eigenvalue weighted by atomic mass is 32.2. The minimum absolute atomic E-state index is 0.126. The molecule has 0 fully saturated rings. The normalized spacial score (nSPS) is 13.3. The highest BCUT2D eigenvalue weighted by Crippen LogP contribution is 2.23. The largest absolute Gasteiger partial charge is 0.388 e. The van der Waals surface area contributed by atoms with Crippen molar-refractivity contribution in [2.75, 3.05) is 6.54 Å². The van der Waals surface area contributed by atoms with Gasteiger partial charge in [-0.05, 0) is 43.7 Å². The highest BCUT2D eigenvalue weighted by molar-refractivity contribution is 7.89. The average Bonchev–Trinajstić information content (AvgIpc) is 2.90. The summed E-state index contributed by atoms with van der Waals surface area (Å²) in [4.78, 5) is 1.41. The van der Waals surface area contributed by atoms with Crippen molar-refractivity contribution in [3.63, 3.8) is 0 Å². The highest BCUT2D eigenvalue weighted by Gasteiger charge is 2.16. The van der Waals surface area contributed by atoms with E-state index >= 15 is 0 Å². The minimum Gasteiger partial charge on any atom is -0.388 e. The van der Waals surface area contributed by atoms with Gasteiger partial charge in [0.15, 0.2) is 11.6 Å². The quantitative estimate of drug-likeness (QED) is 0.844. The number of halogens is 2. The molecule has 0 aliphatic carbocycles. The summed E-state index contributed by atoms with van der Waals surface area (Å²) in [5, 5.41) is 9.42. The summed E-state index contributed by atoms with van der Waals surface area (Å²) >= 11 is 1.40. The molecule has 120 valence electrons. The number of aliphatic hydroxyl groups excluding tert-OH is 1. The van der Waals surface area contributed by atoms with Crippen molar-refractivity contribution in [1.82, 2.24) is 4.72 Å². The smallest absolute Gasteiger partial charge is 0.240 e. The number of benzene rings is 1. The lowest BCUT2D eigenvalue weighted by Crippen LogP contribution is -2.26. The molecular weight excluding hydrogens is 332 g/mol. The van der Waals surface area contributed by atoms with Gasteiger partial charge in [0, 0.05) is 16.3 Å². The maximum Gasteiger partial charge on any atom is 0.240 e. The molecule has 8 heteroatoms. The van der Waals surface area contributed by atoms with Crippen molar-refractivity contribution in [2.45, 2.75) is 24.3 Å². The SMILES string of the molecule is C[C@H](O)c1ccc(CCNS(=O)(=O)c2ccc(F)c(F)c2)s1. The van der Waals surface area contributed by atoms with Gasteiger partial charge in [-0.3, -0.25) is 0 Å². The zero-order valence-corrected chi connectivity index (χ0v) is 13.3. The van der Waals surface area contributed by atoms with Crippen LogP contribution in [0, 0.1) is 11.6 Å². The third-order valence-electron chi connectivity index (χ3n) is 2.96. The van der Waals surface area contributed by atoms with Crippen LogP contribution in [0.5, 0.6) is 0 Å². The topological polar surface area (TPSA) is 66.4 Å². The van der Waals surface area contributed by atoms with Crippen LogP contribution in [0.3, 0.4) is 0 Å². The minimum atomic E-state index is -3.88. The van der Waals surface area contributed by atoms with E-state index in [9.17, 15) is 22.3 Å². The lowest BCUT2D eigenvalue weighted by molar-refractivity contribution is 0.203. The van der Waals surface area contributed by atoms with Crippen LogP contribution in [0.4, 0.5) is 8.78 Å². The van der Waals surface area contributed by atoms with Crippen LogP contribution < -0.4 is 4.72 Å². The fraction of sp³-hybridized carbons (Fsp3) is 0.286. The molecule has 0 radical (unpaired) electrons. The van der Waals surface area contributed by atoms with E-state index in [2.05, 4.69) is 4.72 Å². The Morgan fingerprint density at radius 3 is 2.55 bits per heavy atom. The van der Waals surface area contributed by atoms with E-state index in [0.29, 0.717) is 12.5 Å². The Morgan fingerprint density at radius 1 is 1.23 bits per heavy atom. The molecule has 1 atom stereocenters. The van der Waals surface area contributed by atoms with E-state index in [-0.39, 0.29) is 11.4 Å². The molecule has 0 saturated carbocycles. The van der Waals surface area contributed by atoms with Crippen molar-refractivity contribution in [1.29, 1.82) is 0 Å². The third kappa shape index (κ3) is 4.10. The Morgan fingerprint density at radius 2 is 1.95 bits per heavy atom. The summed E-state index contributed by atoms with van der Waals surface area (Å²) in [7, 11) is -3.88. The van der Waals surface area contributed by atoms with Gasteiger partial charge in [-0.2, -0.15) is 0 Å². The van der Waals surface area contributed by atoms with Gasteiger partial charge in [0.25, 0.3) is 0 Å². The first-order chi connectivity index (χ1) is 10.3. The Kier molecular flexibility index (Phi) is 5.28. The molecule has 0 unspecified atom stereocenters. The first-order valence-electron chi connectivity index (χ1n) is 6.51. The van der Waals surface area contributed by atoms with Crippen LogP contribution in [-0.4, -0.2) is 20.1 Å². The van der Waals surface area contributed by atoms with Crippen LogP contribution in [0.25, 0.3) is 0 Å². The zero-order chi connectivity index (χ0) is 16.3. The van der Waals surface area contributed by atoms with Gasteiger partial charge in [-0.1, -0.05) is 0 Å². The molecule has 4 nitrogen and oxygen atoms in total. The molecule has 0 saturated heterocycles. The van der Waals surface area contributed by atoms with Crippen molar-refractivity contribution >= 4 is 21.4 Å². The van der Waals surface area contributed by atoms with Crippen LogP contribution in [0.1, 0.15) is 22.8 Å². The molecule has 0 amide bonds. The number of sulfonamides is 1. The van der Waals surface area contributed by atoms with Gasteiger partial charge in [0.1, 0.15) is 0 Å². The Hall–Kier alpha value is -1.35.